The minimum Gasteiger partial charge on any atom is -0.488 e. The van der Waals surface area contributed by atoms with E-state index >= 15 is 0 Å². The monoisotopic (exact) mass is 396 g/mol. The summed E-state index contributed by atoms with van der Waals surface area (Å²) >= 11 is 0. The summed E-state index contributed by atoms with van der Waals surface area (Å²) < 4.78 is 39.9. The van der Waals surface area contributed by atoms with E-state index < -0.39 is 15.4 Å². The third-order valence-electron chi connectivity index (χ3n) is 4.78. The highest BCUT2D eigenvalue weighted by Gasteiger charge is 2.34. The van der Waals surface area contributed by atoms with E-state index in [0.717, 1.165) is 5.56 Å². The van der Waals surface area contributed by atoms with Crippen LogP contribution in [-0.2, 0) is 16.7 Å². The molecule has 0 spiro atoms. The van der Waals surface area contributed by atoms with Crippen LogP contribution < -0.4 is 4.74 Å². The van der Waals surface area contributed by atoms with Crippen LogP contribution in [0, 0.1) is 5.41 Å². The molecule has 0 fully saturated rings. The molecule has 0 amide bonds. The third-order valence-corrected chi connectivity index (χ3v) is 5.84. The number of rotatable bonds is 7. The average Bonchev–Trinajstić information content (AvgIpc) is 2.66. The Morgan fingerprint density at radius 1 is 1.14 bits per heavy atom. The zero-order valence-corrected chi connectivity index (χ0v) is 16.6. The van der Waals surface area contributed by atoms with Gasteiger partial charge in [0.2, 0.25) is 0 Å². The molecular weight excluding hydrogens is 372 g/mol. The first-order valence-electron chi connectivity index (χ1n) is 9.08. The van der Waals surface area contributed by atoms with Crippen molar-refractivity contribution in [2.75, 3.05) is 0 Å². The lowest BCUT2D eigenvalue weighted by Gasteiger charge is -2.30. The summed E-state index contributed by atoms with van der Waals surface area (Å²) in [6.45, 7) is 6.15. The van der Waals surface area contributed by atoms with Crippen LogP contribution in [0.15, 0.2) is 85.5 Å². The fourth-order valence-electron chi connectivity index (χ4n) is 3.39. The van der Waals surface area contributed by atoms with Crippen molar-refractivity contribution in [3.05, 3.63) is 96.6 Å². The molecule has 0 saturated carbocycles. The molecular formula is C23H24O4S. The lowest BCUT2D eigenvalue weighted by molar-refractivity contribution is 0.305. The maximum atomic E-state index is 12.0. The van der Waals surface area contributed by atoms with Gasteiger partial charge in [-0.3, -0.25) is 4.55 Å². The second kappa shape index (κ2) is 8.17. The first-order chi connectivity index (χ1) is 13.3. The zero-order valence-electron chi connectivity index (χ0n) is 15.8. The van der Waals surface area contributed by atoms with Crippen molar-refractivity contribution >= 4 is 15.7 Å². The summed E-state index contributed by atoms with van der Waals surface area (Å²) in [4.78, 5) is 0. The van der Waals surface area contributed by atoms with E-state index in [1.54, 1.807) is 12.2 Å². The molecule has 2 atom stereocenters. The largest absolute Gasteiger partial charge is 0.488 e. The molecule has 4 nitrogen and oxygen atoms in total. The number of benzene rings is 2. The van der Waals surface area contributed by atoms with Crippen LogP contribution in [0.1, 0.15) is 24.5 Å². The van der Waals surface area contributed by atoms with Crippen LogP contribution in [-0.4, -0.2) is 18.2 Å². The first-order valence-corrected chi connectivity index (χ1v) is 10.6. The van der Waals surface area contributed by atoms with Gasteiger partial charge < -0.3 is 4.74 Å². The molecule has 1 aliphatic carbocycles. The van der Waals surface area contributed by atoms with E-state index in [9.17, 15) is 13.0 Å². The van der Waals surface area contributed by atoms with E-state index in [4.69, 9.17) is 4.74 Å². The molecule has 146 valence electrons. The van der Waals surface area contributed by atoms with Crippen LogP contribution in [0.2, 0.25) is 0 Å². The van der Waals surface area contributed by atoms with Crippen molar-refractivity contribution in [1.82, 2.24) is 0 Å². The van der Waals surface area contributed by atoms with Gasteiger partial charge in [-0.15, -0.1) is 6.58 Å². The Morgan fingerprint density at radius 2 is 1.82 bits per heavy atom. The summed E-state index contributed by atoms with van der Waals surface area (Å²) in [5.41, 5.74) is 1.79. The molecule has 1 aliphatic rings. The Hall–Kier alpha value is -2.63. The fraction of sp³-hybridized carbons (Fsp3) is 0.217. The Kier molecular flexibility index (Phi) is 5.87. The highest BCUT2D eigenvalue weighted by molar-refractivity contribution is 7.87. The van der Waals surface area contributed by atoms with Gasteiger partial charge in [0.15, 0.2) is 0 Å². The van der Waals surface area contributed by atoms with Crippen LogP contribution >= 0.6 is 0 Å². The number of allylic oxidation sites excluding steroid dienone is 3. The molecule has 2 aromatic carbocycles. The van der Waals surface area contributed by atoms with Gasteiger partial charge in [0.25, 0.3) is 10.1 Å². The average molecular weight is 397 g/mol. The van der Waals surface area contributed by atoms with E-state index in [1.165, 1.54) is 0 Å². The molecule has 0 aliphatic heterocycles. The molecule has 3 rings (SSSR count). The second-order valence-electron chi connectivity index (χ2n) is 7.16. The normalized spacial score (nSPS) is 21.8. The van der Waals surface area contributed by atoms with E-state index in [-0.39, 0.29) is 5.41 Å². The molecule has 28 heavy (non-hydrogen) atoms. The zero-order chi connectivity index (χ0) is 20.2. The molecule has 0 radical (unpaired) electrons. The summed E-state index contributed by atoms with van der Waals surface area (Å²) in [7, 11) is -4.31. The molecule has 0 heterocycles. The van der Waals surface area contributed by atoms with Gasteiger partial charge in [-0.2, -0.15) is 8.42 Å². The fourth-order valence-corrected chi connectivity index (χ4v) is 4.18. The van der Waals surface area contributed by atoms with Gasteiger partial charge in [-0.1, -0.05) is 79.8 Å². The van der Waals surface area contributed by atoms with Crippen molar-refractivity contribution < 1.29 is 17.7 Å². The minimum absolute atomic E-state index is 0.363. The van der Waals surface area contributed by atoms with Gasteiger partial charge >= 0.3 is 0 Å². The van der Waals surface area contributed by atoms with Crippen molar-refractivity contribution in [3.63, 3.8) is 0 Å². The Balaban J connectivity index is 2.01. The van der Waals surface area contributed by atoms with E-state index in [1.807, 2.05) is 73.7 Å². The number of ether oxygens (including phenoxy) is 1. The highest BCUT2D eigenvalue weighted by atomic mass is 32.2. The second-order valence-corrected chi connectivity index (χ2v) is 8.70. The van der Waals surface area contributed by atoms with Crippen LogP contribution in [0.3, 0.4) is 0 Å². The molecule has 0 bridgehead atoms. The topological polar surface area (TPSA) is 63.6 Å². The van der Waals surface area contributed by atoms with E-state index in [0.29, 0.717) is 29.9 Å². The number of hydrogen-bond donors (Lipinski definition) is 1. The summed E-state index contributed by atoms with van der Waals surface area (Å²) in [5, 5.41) is -1.13. The number of hydrogen-bond acceptors (Lipinski definition) is 3. The highest BCUT2D eigenvalue weighted by Crippen LogP contribution is 2.41. The Morgan fingerprint density at radius 3 is 2.50 bits per heavy atom. The molecule has 0 saturated heterocycles. The predicted octanol–water partition coefficient (Wildman–Crippen LogP) is 5.06. The molecule has 5 heteroatoms. The van der Waals surface area contributed by atoms with Gasteiger partial charge in [0.1, 0.15) is 17.6 Å². The van der Waals surface area contributed by atoms with Gasteiger partial charge in [0, 0.05) is 11.0 Å². The maximum absolute atomic E-state index is 12.0. The summed E-state index contributed by atoms with van der Waals surface area (Å²) in [6.07, 6.45) is 7.69. The molecule has 2 aromatic rings. The minimum atomic E-state index is -4.31. The summed E-state index contributed by atoms with van der Waals surface area (Å²) in [6, 6.07) is 17.0. The van der Waals surface area contributed by atoms with Crippen LogP contribution in [0.4, 0.5) is 0 Å². The lowest BCUT2D eigenvalue weighted by atomic mass is 9.79. The standard InChI is InChI=1S/C23H24O4S/c1-3-14-23(2)15-13-22(28(24,25)26)20(16-23)19-11-7-8-12-21(19)27-17-18-9-5-4-6-10-18/h3-13,15-16,22H,1,14,17H2,2H3,(H,24,25,26). The predicted molar refractivity (Wildman–Crippen MR) is 113 cm³/mol. The van der Waals surface area contributed by atoms with Crippen molar-refractivity contribution in [3.8, 4) is 5.75 Å². The van der Waals surface area contributed by atoms with Gasteiger partial charge in [0.05, 0.1) is 0 Å². The Bertz CT molecular complexity index is 1010. The van der Waals surface area contributed by atoms with Crippen LogP contribution in [0.5, 0.6) is 5.75 Å². The summed E-state index contributed by atoms with van der Waals surface area (Å²) in [5.74, 6) is 0.572. The molecule has 2 unspecified atom stereocenters. The first kappa shape index (κ1) is 20.1. The maximum Gasteiger partial charge on any atom is 0.275 e. The molecule has 1 N–H and O–H groups in total. The third kappa shape index (κ3) is 4.61. The van der Waals surface area contributed by atoms with Crippen molar-refractivity contribution in [2.24, 2.45) is 5.41 Å². The Labute approximate surface area is 166 Å². The van der Waals surface area contributed by atoms with Crippen molar-refractivity contribution in [2.45, 2.75) is 25.2 Å². The number of para-hydroxylation sites is 1. The van der Waals surface area contributed by atoms with Gasteiger partial charge in [-0.05, 0) is 23.6 Å². The van der Waals surface area contributed by atoms with Gasteiger partial charge in [-0.25, -0.2) is 0 Å². The van der Waals surface area contributed by atoms with Crippen LogP contribution in [0.25, 0.3) is 5.57 Å². The quantitative estimate of drug-likeness (QED) is 0.525. The molecule has 0 aromatic heterocycles. The lowest BCUT2D eigenvalue weighted by Crippen LogP contribution is -2.26. The SMILES string of the molecule is C=CCC1(C)C=CC(S(=O)(=O)O)C(c2ccccc2OCc2ccccc2)=C1. The van der Waals surface area contributed by atoms with E-state index in [2.05, 4.69) is 6.58 Å². The van der Waals surface area contributed by atoms with Crippen molar-refractivity contribution in [1.29, 1.82) is 0 Å². The smallest absolute Gasteiger partial charge is 0.275 e.